The molecule has 546 valence electrons. The fourth-order valence-electron chi connectivity index (χ4n) is 16.7. The summed E-state index contributed by atoms with van der Waals surface area (Å²) in [6, 6.07) is 130. The minimum atomic E-state index is 0.922. The summed E-state index contributed by atoms with van der Waals surface area (Å²) in [6.45, 7) is 0. The summed E-state index contributed by atoms with van der Waals surface area (Å²) in [5, 5.41) is 13.5. The summed E-state index contributed by atoms with van der Waals surface area (Å²) in [7, 11) is 0. The molecular weight excluding hydrogens is 1430 g/mol. The van der Waals surface area contributed by atoms with Crippen molar-refractivity contribution in [1.29, 1.82) is 0 Å². The lowest BCUT2D eigenvalue weighted by Gasteiger charge is -2.11. The topological polar surface area (TPSA) is 130 Å². The third-order valence-corrected chi connectivity index (χ3v) is 22.3. The predicted molar refractivity (Wildman–Crippen MR) is 480 cm³/mol. The molecule has 24 rings (SSSR count). The molecule has 0 fully saturated rings. The Kier molecular flexibility index (Phi) is 16.6. The van der Waals surface area contributed by atoms with E-state index in [1.165, 1.54) is 0 Å². The van der Waals surface area contributed by atoms with E-state index >= 15 is 0 Å². The van der Waals surface area contributed by atoms with Crippen LogP contribution in [-0.2, 0) is 0 Å². The smallest absolute Gasteiger partial charge is 0.145 e. The number of aromatic nitrogens is 12. The largest absolute Gasteiger partial charge is 0.299 e. The molecule has 0 aliphatic rings. The molecule has 10 aromatic heterocycles. The summed E-state index contributed by atoms with van der Waals surface area (Å²) in [5.74, 6) is 1.85. The van der Waals surface area contributed by atoms with Crippen molar-refractivity contribution >= 4 is 125 Å². The molecule has 0 aliphatic heterocycles. The molecule has 0 aliphatic carbocycles. The Morgan fingerprint density at radius 2 is 0.538 bits per heavy atom. The molecule has 12 nitrogen and oxygen atoms in total. The van der Waals surface area contributed by atoms with Crippen LogP contribution in [0, 0.1) is 0 Å². The molecule has 14 aromatic carbocycles. The van der Waals surface area contributed by atoms with Crippen LogP contribution >= 0.6 is 0 Å². The summed E-state index contributed by atoms with van der Waals surface area (Å²) >= 11 is 0. The number of hydrogen-bond donors (Lipinski definition) is 0. The molecule has 0 spiro atoms. The van der Waals surface area contributed by atoms with Crippen molar-refractivity contribution in [3.63, 3.8) is 0 Å². The number of pyridine rings is 7. The number of para-hydroxylation sites is 5. The van der Waals surface area contributed by atoms with E-state index in [0.717, 1.165) is 216 Å². The molecule has 0 unspecified atom stereocenters. The molecule has 0 amide bonds. The fourth-order valence-corrected chi connectivity index (χ4v) is 16.7. The number of rotatable bonds is 9. The van der Waals surface area contributed by atoms with Crippen LogP contribution in [0.15, 0.2) is 401 Å². The number of benzene rings is 14. The first-order valence-electron chi connectivity index (χ1n) is 39.1. The van der Waals surface area contributed by atoms with Crippen LogP contribution in [0.3, 0.4) is 0 Å². The van der Waals surface area contributed by atoms with Crippen molar-refractivity contribution < 1.29 is 0 Å². The Labute approximate surface area is 671 Å². The number of nitrogens with zero attached hydrogens (tertiary/aromatic N) is 12. The molecule has 10 heterocycles. The Morgan fingerprint density at radius 1 is 0.205 bits per heavy atom. The molecule has 0 saturated heterocycles. The van der Waals surface area contributed by atoms with Crippen LogP contribution in [0.1, 0.15) is 0 Å². The van der Waals surface area contributed by atoms with Gasteiger partial charge in [0.25, 0.3) is 0 Å². The summed E-state index contributed by atoms with van der Waals surface area (Å²) in [5.41, 5.74) is 25.7. The minimum Gasteiger partial charge on any atom is -0.299 e. The van der Waals surface area contributed by atoms with Gasteiger partial charge in [0.2, 0.25) is 0 Å². The van der Waals surface area contributed by atoms with E-state index in [2.05, 4.69) is 344 Å². The average Bonchev–Trinajstić information content (AvgIpc) is 1.74. The van der Waals surface area contributed by atoms with Gasteiger partial charge in [-0.25, -0.2) is 29.9 Å². The van der Waals surface area contributed by atoms with Crippen molar-refractivity contribution in [1.82, 2.24) is 58.4 Å². The molecular formula is C105H66N12. The van der Waals surface area contributed by atoms with Crippen LogP contribution in [0.4, 0.5) is 0 Å². The van der Waals surface area contributed by atoms with E-state index in [9.17, 15) is 0 Å². The van der Waals surface area contributed by atoms with Crippen LogP contribution in [0.5, 0.6) is 0 Å². The highest BCUT2D eigenvalue weighted by atomic mass is 15.1. The SMILES string of the molecule is c1ccc(-c2c(-c3ccc(-c4ccc5ccc6c(ccc7cccnc76)c5n4)cc3)nc3ccccn23)cc1.c1ccc(-c2nc3ccccc3n2-c2ccc(-c3ccc4ccc5c(ccc6cccnc65)c4n3)cc2)cc1.c1ccc(-n2c(-c3ccc(-c4ccc5ccc6c(ccc7cccnc76)c5n4)cc3)nc3ccccc32)cc1. The van der Waals surface area contributed by atoms with Gasteiger partial charge in [0, 0.05) is 140 Å². The molecule has 24 aromatic rings. The minimum absolute atomic E-state index is 0.922. The van der Waals surface area contributed by atoms with Crippen LogP contribution in [0.25, 0.3) is 216 Å². The normalized spacial score (nSPS) is 11.6. The van der Waals surface area contributed by atoms with Gasteiger partial charge in [0.1, 0.15) is 17.3 Å². The molecule has 12 heteroatoms. The van der Waals surface area contributed by atoms with Crippen LogP contribution in [-0.4, -0.2) is 58.4 Å². The van der Waals surface area contributed by atoms with Crippen molar-refractivity contribution in [3.8, 4) is 90.4 Å². The molecule has 117 heavy (non-hydrogen) atoms. The molecule has 0 radical (unpaired) electrons. The quantitative estimate of drug-likeness (QED) is 0.130. The fraction of sp³-hybridized carbons (Fsp3) is 0. The van der Waals surface area contributed by atoms with E-state index in [-0.39, 0.29) is 0 Å². The van der Waals surface area contributed by atoms with Crippen molar-refractivity contribution in [2.45, 2.75) is 0 Å². The second-order valence-electron chi connectivity index (χ2n) is 29.2. The number of hydrogen-bond acceptors (Lipinski definition) is 9. The summed E-state index contributed by atoms with van der Waals surface area (Å²) < 4.78 is 6.62. The third kappa shape index (κ3) is 12.1. The first-order chi connectivity index (χ1) is 58.0. The Hall–Kier alpha value is -16.1. The number of fused-ring (bicyclic) bond motifs is 18. The number of imidazole rings is 3. The highest BCUT2D eigenvalue weighted by Crippen LogP contribution is 2.40. The van der Waals surface area contributed by atoms with Gasteiger partial charge < -0.3 is 0 Å². The van der Waals surface area contributed by atoms with Gasteiger partial charge >= 0.3 is 0 Å². The van der Waals surface area contributed by atoms with Crippen LogP contribution in [0.2, 0.25) is 0 Å². The van der Waals surface area contributed by atoms with Gasteiger partial charge in [-0.3, -0.25) is 28.5 Å². The Balaban J connectivity index is 0.000000106. The Morgan fingerprint density at radius 3 is 0.983 bits per heavy atom. The maximum absolute atomic E-state index is 5.14. The predicted octanol–water partition coefficient (Wildman–Crippen LogP) is 25.8. The molecule has 0 N–H and O–H groups in total. The standard InChI is InChI=1S/3C35H22N4/c1-2-8-27(9-3-1)39-32-11-5-4-10-31(32)38-35(39)26-14-12-23(13-15-26)30-21-18-25-17-19-28-29(34(25)37-30)20-16-24-7-6-22-36-33(24)28;1-2-7-27(8-3-1)35-34(38-31-10-4-5-22-39(31)35)26-13-11-23(12-14-26)30-20-17-25-16-18-28-29(33(25)37-30)19-15-24-9-6-21-36-32(24)28;1-2-7-26(8-3-1)35-38-31-10-4-5-11-32(31)39(35)27-17-12-23(13-18-27)30-21-16-25-15-19-28-29(34(25)37-30)20-14-24-9-6-22-36-33(24)28/h3*1-22H. The lowest BCUT2D eigenvalue weighted by atomic mass is 10.0. The van der Waals surface area contributed by atoms with E-state index in [1.807, 2.05) is 85.3 Å². The highest BCUT2D eigenvalue weighted by Gasteiger charge is 2.21. The maximum atomic E-state index is 5.14. The van der Waals surface area contributed by atoms with Crippen molar-refractivity contribution in [2.75, 3.05) is 0 Å². The zero-order valence-electron chi connectivity index (χ0n) is 63.0. The summed E-state index contributed by atoms with van der Waals surface area (Å²) in [4.78, 5) is 44.3. The second-order valence-corrected chi connectivity index (χ2v) is 29.2. The van der Waals surface area contributed by atoms with Crippen LogP contribution < -0.4 is 0 Å². The van der Waals surface area contributed by atoms with E-state index in [0.29, 0.717) is 0 Å². The van der Waals surface area contributed by atoms with E-state index in [4.69, 9.17) is 29.9 Å². The van der Waals surface area contributed by atoms with E-state index in [1.54, 1.807) is 0 Å². The monoisotopic (exact) mass is 1490 g/mol. The van der Waals surface area contributed by atoms with Gasteiger partial charge in [-0.2, -0.15) is 0 Å². The summed E-state index contributed by atoms with van der Waals surface area (Å²) in [6.07, 6.45) is 7.63. The Bertz CT molecular complexity index is 7660. The first-order valence-corrected chi connectivity index (χ1v) is 39.1. The van der Waals surface area contributed by atoms with Gasteiger partial charge in [0.15, 0.2) is 0 Å². The average molecular weight is 1500 g/mol. The van der Waals surface area contributed by atoms with Gasteiger partial charge in [0.05, 0.1) is 83.6 Å². The van der Waals surface area contributed by atoms with Gasteiger partial charge in [-0.15, -0.1) is 0 Å². The molecule has 0 bridgehead atoms. The zero-order valence-corrected chi connectivity index (χ0v) is 63.0. The highest BCUT2D eigenvalue weighted by molar-refractivity contribution is 6.17. The van der Waals surface area contributed by atoms with E-state index < -0.39 is 0 Å². The van der Waals surface area contributed by atoms with Crippen molar-refractivity contribution in [3.05, 3.63) is 401 Å². The lowest BCUT2D eigenvalue weighted by molar-refractivity contribution is 1.10. The van der Waals surface area contributed by atoms with Gasteiger partial charge in [-0.05, 0) is 97.1 Å². The zero-order chi connectivity index (χ0) is 77.3. The van der Waals surface area contributed by atoms with Gasteiger partial charge in [-0.1, -0.05) is 279 Å². The first kappa shape index (κ1) is 67.8. The second kappa shape index (κ2) is 28.6. The third-order valence-electron chi connectivity index (χ3n) is 22.3. The molecule has 0 atom stereocenters. The molecule has 0 saturated carbocycles. The maximum Gasteiger partial charge on any atom is 0.145 e. The lowest BCUT2D eigenvalue weighted by Crippen LogP contribution is -1.97. The van der Waals surface area contributed by atoms with Crippen molar-refractivity contribution in [2.24, 2.45) is 0 Å².